The van der Waals surface area contributed by atoms with Crippen molar-refractivity contribution >= 4 is 11.9 Å². The Kier molecular flexibility index (Phi) is 5.42. The summed E-state index contributed by atoms with van der Waals surface area (Å²) < 4.78 is 4.97. The number of nitrogens with two attached hydrogens (primary N) is 1. The molecule has 1 amide bonds. The van der Waals surface area contributed by atoms with Crippen LogP contribution >= 0.6 is 0 Å². The van der Waals surface area contributed by atoms with Crippen molar-refractivity contribution in [3.05, 3.63) is 23.9 Å². The fourth-order valence-corrected chi connectivity index (χ4v) is 1.22. The number of hydrogen-bond donors (Lipinski definition) is 2. The molecule has 0 aliphatic heterocycles. The van der Waals surface area contributed by atoms with Crippen molar-refractivity contribution in [2.45, 2.75) is 32.7 Å². The van der Waals surface area contributed by atoms with Gasteiger partial charge in [-0.05, 0) is 25.5 Å². The van der Waals surface area contributed by atoms with Crippen molar-refractivity contribution in [3.63, 3.8) is 0 Å². The molecule has 0 aliphatic carbocycles. The van der Waals surface area contributed by atoms with Crippen LogP contribution in [0.5, 0.6) is 0 Å². The molecule has 0 radical (unpaired) electrons. The topological polar surface area (TPSA) is 77.2 Å². The van der Waals surface area contributed by atoms with Crippen molar-refractivity contribution in [2.24, 2.45) is 5.73 Å². The zero-order valence-corrected chi connectivity index (χ0v) is 10.3. The van der Waals surface area contributed by atoms with Crippen LogP contribution in [0.2, 0.25) is 0 Å². The van der Waals surface area contributed by atoms with Gasteiger partial charge in [-0.1, -0.05) is 19.4 Å². The van der Waals surface area contributed by atoms with E-state index in [-0.39, 0.29) is 6.04 Å². The Balaban J connectivity index is 2.50. The number of amides is 1. The number of pyridine rings is 1. The zero-order valence-electron chi connectivity index (χ0n) is 10.3. The van der Waals surface area contributed by atoms with Crippen molar-refractivity contribution in [1.82, 2.24) is 4.98 Å². The minimum absolute atomic E-state index is 0.159. The molecule has 1 unspecified atom stereocenters. The molecular weight excluding hydrogens is 218 g/mol. The van der Waals surface area contributed by atoms with Crippen molar-refractivity contribution in [3.8, 4) is 0 Å². The summed E-state index contributed by atoms with van der Waals surface area (Å²) in [6.07, 6.45) is 1.37. The monoisotopic (exact) mass is 237 g/mol. The van der Waals surface area contributed by atoms with Crippen LogP contribution in [0, 0.1) is 0 Å². The molecule has 0 bridgehead atoms. The standard InChI is InChI=1S/C12H19N3O2/c1-3-4-8-17-12(16)15-11-7-5-6-10(14-11)9(2)13/h5-7,9H,3-4,8,13H2,1-2H3,(H,14,15,16). The van der Waals surface area contributed by atoms with Gasteiger partial charge in [0.2, 0.25) is 0 Å². The molecule has 5 heteroatoms. The summed E-state index contributed by atoms with van der Waals surface area (Å²) in [6, 6.07) is 5.16. The van der Waals surface area contributed by atoms with E-state index >= 15 is 0 Å². The Morgan fingerprint density at radius 2 is 2.35 bits per heavy atom. The van der Waals surface area contributed by atoms with Gasteiger partial charge in [-0.3, -0.25) is 5.32 Å². The zero-order chi connectivity index (χ0) is 12.7. The first-order valence-electron chi connectivity index (χ1n) is 5.79. The Hall–Kier alpha value is -1.62. The van der Waals surface area contributed by atoms with E-state index in [9.17, 15) is 4.79 Å². The summed E-state index contributed by atoms with van der Waals surface area (Å²) in [5, 5.41) is 2.57. The third-order valence-corrected chi connectivity index (χ3v) is 2.20. The van der Waals surface area contributed by atoms with Crippen LogP contribution in [0.4, 0.5) is 10.6 Å². The van der Waals surface area contributed by atoms with Crippen LogP contribution in [-0.2, 0) is 4.74 Å². The summed E-state index contributed by atoms with van der Waals surface area (Å²) in [7, 11) is 0. The molecule has 0 aliphatic rings. The number of aromatic nitrogens is 1. The Bertz CT molecular complexity index is 367. The number of hydrogen-bond acceptors (Lipinski definition) is 4. The molecule has 0 spiro atoms. The van der Waals surface area contributed by atoms with Crippen molar-refractivity contribution < 1.29 is 9.53 Å². The van der Waals surface area contributed by atoms with Crippen molar-refractivity contribution in [2.75, 3.05) is 11.9 Å². The number of unbranched alkanes of at least 4 members (excludes halogenated alkanes) is 1. The molecule has 17 heavy (non-hydrogen) atoms. The molecule has 1 aromatic rings. The van der Waals surface area contributed by atoms with Gasteiger partial charge >= 0.3 is 6.09 Å². The quantitative estimate of drug-likeness (QED) is 0.771. The van der Waals surface area contributed by atoms with Gasteiger partial charge in [-0.15, -0.1) is 0 Å². The third-order valence-electron chi connectivity index (χ3n) is 2.20. The number of nitrogens with zero attached hydrogens (tertiary/aromatic N) is 1. The highest BCUT2D eigenvalue weighted by Crippen LogP contribution is 2.10. The van der Waals surface area contributed by atoms with E-state index in [0.717, 1.165) is 18.5 Å². The van der Waals surface area contributed by atoms with E-state index in [4.69, 9.17) is 10.5 Å². The molecule has 5 nitrogen and oxygen atoms in total. The van der Waals surface area contributed by atoms with Gasteiger partial charge in [0.15, 0.2) is 0 Å². The normalized spacial score (nSPS) is 11.9. The number of rotatable bonds is 5. The van der Waals surface area contributed by atoms with E-state index in [2.05, 4.69) is 10.3 Å². The lowest BCUT2D eigenvalue weighted by molar-refractivity contribution is 0.160. The first kappa shape index (κ1) is 13.4. The SMILES string of the molecule is CCCCOC(=O)Nc1cccc(C(C)N)n1. The number of carbonyl (C=O) groups is 1. The maximum atomic E-state index is 11.4. The minimum atomic E-state index is -0.479. The molecule has 0 saturated carbocycles. The third kappa shape index (κ3) is 4.82. The summed E-state index contributed by atoms with van der Waals surface area (Å²) in [5.74, 6) is 0.460. The first-order valence-corrected chi connectivity index (χ1v) is 5.79. The average Bonchev–Trinajstić information content (AvgIpc) is 2.29. The fourth-order valence-electron chi connectivity index (χ4n) is 1.22. The van der Waals surface area contributed by atoms with Crippen molar-refractivity contribution in [1.29, 1.82) is 0 Å². The number of nitrogens with one attached hydrogen (secondary N) is 1. The summed E-state index contributed by atoms with van der Waals surface area (Å²) in [5.41, 5.74) is 6.44. The molecule has 0 aromatic carbocycles. The highest BCUT2D eigenvalue weighted by molar-refractivity contribution is 5.83. The van der Waals surface area contributed by atoms with E-state index < -0.39 is 6.09 Å². The van der Waals surface area contributed by atoms with Crippen LogP contribution in [0.3, 0.4) is 0 Å². The molecule has 1 atom stereocenters. The second-order valence-corrected chi connectivity index (χ2v) is 3.85. The Labute approximate surface area is 101 Å². The second kappa shape index (κ2) is 6.85. The first-order chi connectivity index (χ1) is 8.13. The highest BCUT2D eigenvalue weighted by atomic mass is 16.5. The van der Waals surface area contributed by atoms with E-state index in [1.54, 1.807) is 12.1 Å². The number of ether oxygens (including phenoxy) is 1. The molecule has 1 rings (SSSR count). The maximum Gasteiger partial charge on any atom is 0.412 e. The van der Waals surface area contributed by atoms with Crippen LogP contribution in [-0.4, -0.2) is 17.7 Å². The average molecular weight is 237 g/mol. The van der Waals surface area contributed by atoms with E-state index in [1.165, 1.54) is 0 Å². The lowest BCUT2D eigenvalue weighted by Gasteiger charge is -2.08. The number of carbonyl (C=O) groups excluding carboxylic acids is 1. The van der Waals surface area contributed by atoms with Gasteiger partial charge in [-0.2, -0.15) is 0 Å². The lowest BCUT2D eigenvalue weighted by atomic mass is 10.2. The van der Waals surface area contributed by atoms with Gasteiger partial charge in [-0.25, -0.2) is 9.78 Å². The van der Waals surface area contributed by atoms with Crippen LogP contribution < -0.4 is 11.1 Å². The van der Waals surface area contributed by atoms with Gasteiger partial charge in [0.05, 0.1) is 12.3 Å². The number of anilines is 1. The smallest absolute Gasteiger partial charge is 0.412 e. The van der Waals surface area contributed by atoms with Crippen LogP contribution in [0.15, 0.2) is 18.2 Å². The second-order valence-electron chi connectivity index (χ2n) is 3.85. The lowest BCUT2D eigenvalue weighted by Crippen LogP contribution is -2.16. The molecule has 1 heterocycles. The van der Waals surface area contributed by atoms with Gasteiger partial charge in [0.25, 0.3) is 0 Å². The maximum absolute atomic E-state index is 11.4. The predicted molar refractivity (Wildman–Crippen MR) is 66.7 cm³/mol. The largest absolute Gasteiger partial charge is 0.449 e. The van der Waals surface area contributed by atoms with Gasteiger partial charge in [0.1, 0.15) is 5.82 Å². The van der Waals surface area contributed by atoms with E-state index in [1.807, 2.05) is 19.9 Å². The summed E-state index contributed by atoms with van der Waals surface area (Å²) in [6.45, 7) is 4.30. The van der Waals surface area contributed by atoms with Gasteiger partial charge in [0, 0.05) is 6.04 Å². The molecule has 3 N–H and O–H groups in total. The Morgan fingerprint density at radius 1 is 1.59 bits per heavy atom. The summed E-state index contributed by atoms with van der Waals surface area (Å²) >= 11 is 0. The Morgan fingerprint density at radius 3 is 3.00 bits per heavy atom. The minimum Gasteiger partial charge on any atom is -0.449 e. The summed E-state index contributed by atoms with van der Waals surface area (Å²) in [4.78, 5) is 15.6. The molecule has 0 fully saturated rings. The van der Waals surface area contributed by atoms with Gasteiger partial charge < -0.3 is 10.5 Å². The predicted octanol–water partition coefficient (Wildman–Crippen LogP) is 2.45. The highest BCUT2D eigenvalue weighted by Gasteiger charge is 2.06. The molecular formula is C12H19N3O2. The fraction of sp³-hybridized carbons (Fsp3) is 0.500. The van der Waals surface area contributed by atoms with Crippen LogP contribution in [0.25, 0.3) is 0 Å². The molecule has 0 saturated heterocycles. The molecule has 94 valence electrons. The van der Waals surface area contributed by atoms with E-state index in [0.29, 0.717) is 12.4 Å². The van der Waals surface area contributed by atoms with Crippen LogP contribution in [0.1, 0.15) is 38.4 Å². The molecule has 1 aromatic heterocycles.